The van der Waals surface area contributed by atoms with Crippen molar-refractivity contribution >= 4 is 17.8 Å². The Morgan fingerprint density at radius 2 is 1.53 bits per heavy atom. The first-order valence-electron chi connectivity index (χ1n) is 11.3. The van der Waals surface area contributed by atoms with Crippen LogP contribution in [0.1, 0.15) is 37.7 Å². The highest BCUT2D eigenvalue weighted by atomic mass is 16.2. The first-order valence-corrected chi connectivity index (χ1v) is 11.3. The number of carbonyl (C=O) groups excluding carboxylic acids is 3. The number of hydrogen-bond acceptors (Lipinski definition) is 3. The molecule has 4 amide bonds. The Hall–Kier alpha value is -2.63. The minimum Gasteiger partial charge on any atom is -0.325 e. The molecule has 1 saturated carbocycles. The van der Waals surface area contributed by atoms with E-state index in [0.29, 0.717) is 6.42 Å². The van der Waals surface area contributed by atoms with Crippen LogP contribution in [0.3, 0.4) is 0 Å². The summed E-state index contributed by atoms with van der Waals surface area (Å²) < 4.78 is 0. The third-order valence-electron chi connectivity index (χ3n) is 7.31. The van der Waals surface area contributed by atoms with Crippen LogP contribution in [0.5, 0.6) is 0 Å². The maximum absolute atomic E-state index is 13.4. The monoisotopic (exact) mass is 407 g/mol. The van der Waals surface area contributed by atoms with Crippen molar-refractivity contribution in [1.29, 1.82) is 0 Å². The molecule has 6 heteroatoms. The minimum atomic E-state index is -0.646. The van der Waals surface area contributed by atoms with Crippen LogP contribution in [0.25, 0.3) is 0 Å². The highest BCUT2D eigenvalue weighted by molar-refractivity contribution is 6.06. The lowest BCUT2D eigenvalue weighted by Gasteiger charge is -2.38. The molecule has 158 valence electrons. The van der Waals surface area contributed by atoms with E-state index in [2.05, 4.69) is 17.5 Å². The van der Waals surface area contributed by atoms with Gasteiger partial charge in [-0.1, -0.05) is 42.5 Å². The number of likely N-dealkylation sites (tertiary alicyclic amines) is 2. The highest BCUT2D eigenvalue weighted by Crippen LogP contribution is 2.50. The molecule has 1 aromatic carbocycles. The molecule has 0 spiro atoms. The molecule has 3 aliphatic carbocycles. The smallest absolute Gasteiger partial charge is 0.319 e. The van der Waals surface area contributed by atoms with E-state index in [-0.39, 0.29) is 41.5 Å². The van der Waals surface area contributed by atoms with Crippen LogP contribution in [0, 0.1) is 23.7 Å². The zero-order valence-electron chi connectivity index (χ0n) is 17.2. The van der Waals surface area contributed by atoms with Gasteiger partial charge in [-0.15, -0.1) is 0 Å². The van der Waals surface area contributed by atoms with E-state index in [0.717, 1.165) is 50.8 Å². The summed E-state index contributed by atoms with van der Waals surface area (Å²) in [5.41, 5.74) is 0.998. The molecular weight excluding hydrogens is 378 g/mol. The van der Waals surface area contributed by atoms with Crippen molar-refractivity contribution in [3.8, 4) is 0 Å². The number of benzene rings is 1. The average Bonchev–Trinajstić information content (AvgIpc) is 3.08. The van der Waals surface area contributed by atoms with Gasteiger partial charge in [0, 0.05) is 19.5 Å². The maximum Gasteiger partial charge on any atom is 0.319 e. The molecular formula is C24H29N3O3. The van der Waals surface area contributed by atoms with Crippen LogP contribution < -0.4 is 5.32 Å². The second kappa shape index (κ2) is 7.89. The Balaban J connectivity index is 1.41. The standard InChI is InChI=1S/C24H29N3O3/c28-22-20-17-9-10-18(12-11-17)21(20)23(29)27(22)19(15-16-7-3-1-4-8-16)25-24(30)26-13-5-2-6-14-26/h1,3-4,7-10,17-21H,2,5-6,11-15H2,(H,25,30)/t17-,18-,19-,20-,21-/m0/s1. The minimum absolute atomic E-state index is 0.107. The Morgan fingerprint density at radius 1 is 0.933 bits per heavy atom. The topological polar surface area (TPSA) is 69.7 Å². The molecule has 2 heterocycles. The number of hydrogen-bond donors (Lipinski definition) is 1. The lowest BCUT2D eigenvalue weighted by molar-refractivity contribution is -0.143. The van der Waals surface area contributed by atoms with Crippen LogP contribution in [-0.4, -0.2) is 46.9 Å². The van der Waals surface area contributed by atoms with Gasteiger partial charge >= 0.3 is 6.03 Å². The number of fused-ring (bicyclic) bond motifs is 1. The van der Waals surface area contributed by atoms with E-state index >= 15 is 0 Å². The van der Waals surface area contributed by atoms with Gasteiger partial charge in [0.25, 0.3) is 0 Å². The molecule has 0 radical (unpaired) electrons. The number of imide groups is 1. The molecule has 0 aromatic heterocycles. The van der Waals surface area contributed by atoms with E-state index in [1.165, 1.54) is 4.90 Å². The van der Waals surface area contributed by atoms with E-state index < -0.39 is 6.17 Å². The molecule has 5 atom stereocenters. The van der Waals surface area contributed by atoms with Gasteiger partial charge < -0.3 is 10.2 Å². The second-order valence-electron chi connectivity index (χ2n) is 9.09. The van der Waals surface area contributed by atoms with Crippen molar-refractivity contribution in [2.24, 2.45) is 23.7 Å². The van der Waals surface area contributed by atoms with E-state index in [4.69, 9.17) is 0 Å². The molecule has 2 bridgehead atoms. The molecule has 6 nitrogen and oxygen atoms in total. The summed E-state index contributed by atoms with van der Waals surface area (Å²) >= 11 is 0. The first kappa shape index (κ1) is 19.3. The number of urea groups is 1. The van der Waals surface area contributed by atoms with Gasteiger partial charge in [-0.3, -0.25) is 14.5 Å². The van der Waals surface area contributed by atoms with E-state index in [9.17, 15) is 14.4 Å². The SMILES string of the molecule is O=C(N[C@H](Cc1ccccc1)N1C(=O)[C@@H]2[C@@H](C1=O)[C@H]1C=C[C@H]2CC1)N1CCCCC1. The van der Waals surface area contributed by atoms with Crippen molar-refractivity contribution in [2.75, 3.05) is 13.1 Å². The number of nitrogens with one attached hydrogen (secondary N) is 1. The zero-order valence-corrected chi connectivity index (χ0v) is 17.2. The predicted octanol–water partition coefficient (Wildman–Crippen LogP) is 2.95. The largest absolute Gasteiger partial charge is 0.325 e. The summed E-state index contributed by atoms with van der Waals surface area (Å²) in [6.45, 7) is 1.45. The Kier molecular flexibility index (Phi) is 5.09. The average molecular weight is 408 g/mol. The summed E-state index contributed by atoms with van der Waals surface area (Å²) in [6.07, 6.45) is 9.11. The molecule has 2 saturated heterocycles. The number of rotatable bonds is 4. The van der Waals surface area contributed by atoms with Crippen molar-refractivity contribution < 1.29 is 14.4 Å². The van der Waals surface area contributed by atoms with E-state index in [1.54, 1.807) is 0 Å². The number of piperidine rings is 1. The van der Waals surface area contributed by atoms with Crippen molar-refractivity contribution in [2.45, 2.75) is 44.7 Å². The highest BCUT2D eigenvalue weighted by Gasteiger charge is 2.58. The predicted molar refractivity (Wildman–Crippen MR) is 112 cm³/mol. The normalized spacial score (nSPS) is 31.1. The molecule has 2 aliphatic heterocycles. The molecule has 5 aliphatic rings. The second-order valence-corrected chi connectivity index (χ2v) is 9.09. The summed E-state index contributed by atoms with van der Waals surface area (Å²) in [6, 6.07) is 9.60. The van der Waals surface area contributed by atoms with Crippen molar-refractivity contribution in [3.63, 3.8) is 0 Å². The van der Waals surface area contributed by atoms with Crippen molar-refractivity contribution in [3.05, 3.63) is 48.0 Å². The fourth-order valence-corrected chi connectivity index (χ4v) is 5.78. The van der Waals surface area contributed by atoms with Gasteiger partial charge in [-0.2, -0.15) is 0 Å². The number of amides is 4. The summed E-state index contributed by atoms with van der Waals surface area (Å²) in [5, 5.41) is 3.05. The van der Waals surface area contributed by atoms with Gasteiger partial charge in [0.05, 0.1) is 11.8 Å². The van der Waals surface area contributed by atoms with Crippen LogP contribution in [0.2, 0.25) is 0 Å². The Bertz CT molecular complexity index is 830. The van der Waals surface area contributed by atoms with Crippen LogP contribution in [-0.2, 0) is 16.0 Å². The summed E-state index contributed by atoms with van der Waals surface area (Å²) in [5.74, 6) is -0.432. The summed E-state index contributed by atoms with van der Waals surface area (Å²) in [7, 11) is 0. The Labute approximate surface area is 177 Å². The van der Waals surface area contributed by atoms with E-state index in [1.807, 2.05) is 35.2 Å². The molecule has 3 fully saturated rings. The lowest BCUT2D eigenvalue weighted by atomic mass is 9.63. The molecule has 1 aromatic rings. The van der Waals surface area contributed by atoms with Gasteiger partial charge in [-0.05, 0) is 49.5 Å². The molecule has 1 N–H and O–H groups in total. The van der Waals surface area contributed by atoms with Gasteiger partial charge in [0.2, 0.25) is 11.8 Å². The zero-order chi connectivity index (χ0) is 20.7. The molecule has 0 unspecified atom stereocenters. The number of nitrogens with zero attached hydrogens (tertiary/aromatic N) is 2. The third-order valence-corrected chi connectivity index (χ3v) is 7.31. The number of allylic oxidation sites excluding steroid dienone is 2. The van der Waals surface area contributed by atoms with Crippen LogP contribution in [0.15, 0.2) is 42.5 Å². The molecule has 30 heavy (non-hydrogen) atoms. The fraction of sp³-hybridized carbons (Fsp3) is 0.542. The van der Waals surface area contributed by atoms with Gasteiger partial charge in [0.15, 0.2) is 0 Å². The Morgan fingerprint density at radius 3 is 2.10 bits per heavy atom. The maximum atomic E-state index is 13.4. The van der Waals surface area contributed by atoms with Crippen LogP contribution >= 0.6 is 0 Å². The van der Waals surface area contributed by atoms with Gasteiger partial charge in [0.1, 0.15) is 6.17 Å². The molecule has 6 rings (SSSR count). The van der Waals surface area contributed by atoms with Gasteiger partial charge in [-0.25, -0.2) is 4.79 Å². The fourth-order valence-electron chi connectivity index (χ4n) is 5.78. The quantitative estimate of drug-likeness (QED) is 0.616. The number of carbonyl (C=O) groups is 3. The third kappa shape index (κ3) is 3.32. The summed E-state index contributed by atoms with van der Waals surface area (Å²) in [4.78, 5) is 43.1. The van der Waals surface area contributed by atoms with Crippen LogP contribution in [0.4, 0.5) is 4.79 Å². The first-order chi connectivity index (χ1) is 14.6. The lowest BCUT2D eigenvalue weighted by Crippen LogP contribution is -2.56. The van der Waals surface area contributed by atoms with Crippen molar-refractivity contribution in [1.82, 2.24) is 15.1 Å².